The summed E-state index contributed by atoms with van der Waals surface area (Å²) in [4.78, 5) is 0. The molecule has 2 nitrogen and oxygen atoms in total. The van der Waals surface area contributed by atoms with Gasteiger partial charge in [-0.2, -0.15) is 0 Å². The van der Waals surface area contributed by atoms with Crippen LogP contribution >= 0.6 is 0 Å². The van der Waals surface area contributed by atoms with Crippen molar-refractivity contribution in [3.05, 3.63) is 216 Å². The third-order valence-electron chi connectivity index (χ3n) is 12.1. The molecule has 0 spiro atoms. The SMILES string of the molecule is C1=CCC(c2ccc(C(CCc3ccc4c(c3)oc3cc(-c5cccc6oc7ccccc7c56)c5ccccc5c34)c3ccc(-c4ccccc4)cc3)cc2)C=C1. The zero-order chi connectivity index (χ0) is 37.7. The van der Waals surface area contributed by atoms with E-state index in [1.165, 1.54) is 49.5 Å². The van der Waals surface area contributed by atoms with E-state index in [4.69, 9.17) is 8.83 Å². The van der Waals surface area contributed by atoms with Crippen molar-refractivity contribution in [3.8, 4) is 22.3 Å². The Morgan fingerprint density at radius 1 is 0.474 bits per heavy atom. The predicted octanol–water partition coefficient (Wildman–Crippen LogP) is 15.3. The summed E-state index contributed by atoms with van der Waals surface area (Å²) in [6.45, 7) is 0. The average Bonchev–Trinajstić information content (AvgIpc) is 3.85. The maximum atomic E-state index is 6.81. The highest BCUT2D eigenvalue weighted by Gasteiger charge is 2.20. The fraction of sp³-hybridized carbons (Fsp3) is 0.0909. The molecule has 0 bridgehead atoms. The van der Waals surface area contributed by atoms with Crippen molar-refractivity contribution in [1.82, 2.24) is 0 Å². The fourth-order valence-corrected chi connectivity index (χ4v) is 9.24. The van der Waals surface area contributed by atoms with Crippen LogP contribution in [0.2, 0.25) is 0 Å². The van der Waals surface area contributed by atoms with Gasteiger partial charge in [-0.1, -0.05) is 170 Å². The number of allylic oxidation sites excluding steroid dienone is 4. The third kappa shape index (κ3) is 5.97. The Kier molecular flexibility index (Phi) is 8.21. The van der Waals surface area contributed by atoms with Crippen LogP contribution in [0.3, 0.4) is 0 Å². The highest BCUT2D eigenvalue weighted by atomic mass is 16.3. The summed E-state index contributed by atoms with van der Waals surface area (Å²) in [5.74, 6) is 0.695. The minimum atomic E-state index is 0.255. The van der Waals surface area contributed by atoms with Gasteiger partial charge in [0.05, 0.1) is 0 Å². The Hall–Kier alpha value is -6.90. The van der Waals surface area contributed by atoms with Crippen molar-refractivity contribution >= 4 is 54.6 Å². The van der Waals surface area contributed by atoms with E-state index in [9.17, 15) is 0 Å². The van der Waals surface area contributed by atoms with Crippen molar-refractivity contribution in [1.29, 1.82) is 0 Å². The van der Waals surface area contributed by atoms with Gasteiger partial charge in [0, 0.05) is 33.4 Å². The van der Waals surface area contributed by atoms with Crippen LogP contribution in [0.5, 0.6) is 0 Å². The van der Waals surface area contributed by atoms with Crippen LogP contribution in [-0.4, -0.2) is 0 Å². The standard InChI is InChI=1S/C55H40O2/c1-3-12-37(13-4-1)39-24-28-41(29-25-39)43(42-30-26-40(27-31-42)38-14-5-2-6-15-38)32-22-36-23-33-48-52(34-36)57-53-35-49(44-16-7-8-17-45(44)55(48)53)46-19-11-21-51-54(46)47-18-9-10-20-50(47)56-51/h1-14,16-21,23-31,33-35,38,43H,15,22,32H2. The Labute approximate surface area is 332 Å². The van der Waals surface area contributed by atoms with Crippen molar-refractivity contribution < 1.29 is 8.83 Å². The zero-order valence-electron chi connectivity index (χ0n) is 31.6. The number of hydrogen-bond acceptors (Lipinski definition) is 2. The molecule has 2 atom stereocenters. The van der Waals surface area contributed by atoms with Crippen LogP contribution in [0.15, 0.2) is 203 Å². The molecular weight excluding hydrogens is 693 g/mol. The van der Waals surface area contributed by atoms with E-state index in [1.807, 2.05) is 12.1 Å². The van der Waals surface area contributed by atoms with Crippen LogP contribution in [0, 0.1) is 0 Å². The minimum Gasteiger partial charge on any atom is -0.456 e. The normalized spacial score (nSPS) is 14.7. The van der Waals surface area contributed by atoms with E-state index in [-0.39, 0.29) is 5.92 Å². The topological polar surface area (TPSA) is 26.3 Å². The van der Waals surface area contributed by atoms with Crippen LogP contribution in [0.1, 0.15) is 46.9 Å². The Morgan fingerprint density at radius 3 is 1.96 bits per heavy atom. The van der Waals surface area contributed by atoms with E-state index < -0.39 is 0 Å². The van der Waals surface area contributed by atoms with Crippen molar-refractivity contribution in [2.75, 3.05) is 0 Å². The summed E-state index contributed by atoms with van der Waals surface area (Å²) < 4.78 is 13.1. The predicted molar refractivity (Wildman–Crippen MR) is 238 cm³/mol. The first-order valence-corrected chi connectivity index (χ1v) is 20.1. The van der Waals surface area contributed by atoms with Gasteiger partial charge in [-0.05, 0) is 98.8 Å². The number of furan rings is 2. The van der Waals surface area contributed by atoms with Gasteiger partial charge in [0.1, 0.15) is 22.3 Å². The molecule has 0 saturated carbocycles. The summed E-state index contributed by atoms with van der Waals surface area (Å²) in [7, 11) is 0. The van der Waals surface area contributed by atoms with Gasteiger partial charge in [0.2, 0.25) is 0 Å². The smallest absolute Gasteiger partial charge is 0.136 e. The first-order valence-electron chi connectivity index (χ1n) is 20.1. The number of hydrogen-bond donors (Lipinski definition) is 0. The Bertz CT molecular complexity index is 3140. The first-order chi connectivity index (χ1) is 28.2. The summed E-state index contributed by atoms with van der Waals surface area (Å²) in [6.07, 6.45) is 11.9. The molecule has 0 amide bonds. The first kappa shape index (κ1) is 33.4. The molecule has 0 saturated heterocycles. The second-order valence-electron chi connectivity index (χ2n) is 15.5. The largest absolute Gasteiger partial charge is 0.456 e. The lowest BCUT2D eigenvalue weighted by Gasteiger charge is -2.20. The molecule has 272 valence electrons. The number of benzene rings is 8. The number of aryl methyl sites for hydroxylation is 1. The molecule has 1 aliphatic carbocycles. The van der Waals surface area contributed by atoms with Gasteiger partial charge >= 0.3 is 0 Å². The van der Waals surface area contributed by atoms with Gasteiger partial charge in [0.25, 0.3) is 0 Å². The quantitative estimate of drug-likeness (QED) is 0.155. The highest BCUT2D eigenvalue weighted by Crippen LogP contribution is 2.44. The molecule has 0 fully saturated rings. The molecule has 10 aromatic rings. The van der Waals surface area contributed by atoms with Crippen molar-refractivity contribution in [3.63, 3.8) is 0 Å². The summed E-state index contributed by atoms with van der Waals surface area (Å²) in [6, 6.07) is 61.8. The molecule has 0 aliphatic heterocycles. The second-order valence-corrected chi connectivity index (χ2v) is 15.5. The zero-order valence-corrected chi connectivity index (χ0v) is 31.6. The van der Waals surface area contributed by atoms with Crippen LogP contribution in [-0.2, 0) is 6.42 Å². The van der Waals surface area contributed by atoms with E-state index in [0.29, 0.717) is 5.92 Å². The second kappa shape index (κ2) is 14.0. The molecule has 8 aromatic carbocycles. The minimum absolute atomic E-state index is 0.255. The number of rotatable bonds is 8. The molecule has 1 aliphatic rings. The number of fused-ring (bicyclic) bond motifs is 8. The fourth-order valence-electron chi connectivity index (χ4n) is 9.24. The lowest BCUT2D eigenvalue weighted by molar-refractivity contribution is 0.666. The van der Waals surface area contributed by atoms with E-state index in [2.05, 4.69) is 182 Å². The molecule has 57 heavy (non-hydrogen) atoms. The maximum absolute atomic E-state index is 6.81. The molecule has 2 heterocycles. The number of para-hydroxylation sites is 1. The van der Waals surface area contributed by atoms with Crippen molar-refractivity contribution in [2.45, 2.75) is 31.1 Å². The molecule has 2 heteroatoms. The molecule has 2 unspecified atom stereocenters. The summed E-state index contributed by atoms with van der Waals surface area (Å²) >= 11 is 0. The highest BCUT2D eigenvalue weighted by molar-refractivity contribution is 6.24. The van der Waals surface area contributed by atoms with Gasteiger partial charge in [-0.3, -0.25) is 0 Å². The monoisotopic (exact) mass is 732 g/mol. The average molecular weight is 733 g/mol. The third-order valence-corrected chi connectivity index (χ3v) is 12.1. The van der Waals surface area contributed by atoms with E-state index >= 15 is 0 Å². The summed E-state index contributed by atoms with van der Waals surface area (Å²) in [5.41, 5.74) is 13.8. The van der Waals surface area contributed by atoms with E-state index in [1.54, 1.807) is 0 Å². The van der Waals surface area contributed by atoms with Gasteiger partial charge in [-0.25, -0.2) is 0 Å². The lowest BCUT2D eigenvalue weighted by atomic mass is 9.84. The Balaban J connectivity index is 0.958. The van der Waals surface area contributed by atoms with Crippen LogP contribution in [0.25, 0.3) is 76.9 Å². The molecule has 2 aromatic heterocycles. The summed E-state index contributed by atoms with van der Waals surface area (Å²) in [5, 5.41) is 6.99. The van der Waals surface area contributed by atoms with Crippen LogP contribution < -0.4 is 0 Å². The molecular formula is C55H40O2. The van der Waals surface area contributed by atoms with E-state index in [0.717, 1.165) is 68.9 Å². The maximum Gasteiger partial charge on any atom is 0.136 e. The molecule has 0 radical (unpaired) electrons. The Morgan fingerprint density at radius 2 is 1.16 bits per heavy atom. The van der Waals surface area contributed by atoms with Gasteiger partial charge < -0.3 is 8.83 Å². The molecule has 11 rings (SSSR count). The van der Waals surface area contributed by atoms with Gasteiger partial charge in [-0.15, -0.1) is 0 Å². The van der Waals surface area contributed by atoms with Crippen molar-refractivity contribution in [2.24, 2.45) is 0 Å². The van der Waals surface area contributed by atoms with Crippen LogP contribution in [0.4, 0.5) is 0 Å². The molecule has 0 N–H and O–H groups in total. The lowest BCUT2D eigenvalue weighted by Crippen LogP contribution is -2.04. The van der Waals surface area contributed by atoms with Gasteiger partial charge in [0.15, 0.2) is 0 Å².